The molecular weight excluding hydrogens is 226 g/mol. The lowest BCUT2D eigenvalue weighted by Crippen LogP contribution is -2.45. The maximum Gasteiger partial charge on any atom is 0.0100 e. The number of nitrogens with one attached hydrogen (secondary N) is 1. The van der Waals surface area contributed by atoms with Crippen LogP contribution < -0.4 is 5.32 Å². The van der Waals surface area contributed by atoms with E-state index in [-0.39, 0.29) is 0 Å². The van der Waals surface area contributed by atoms with Gasteiger partial charge in [-0.15, -0.1) is 0 Å². The normalized spacial score (nSPS) is 28.1. The van der Waals surface area contributed by atoms with Crippen LogP contribution in [0.3, 0.4) is 0 Å². The van der Waals surface area contributed by atoms with Crippen LogP contribution in [0.4, 0.5) is 0 Å². The number of hydrogen-bond donors (Lipinski definition) is 1. The summed E-state index contributed by atoms with van der Waals surface area (Å²) in [5, 5.41) is 3.85. The molecule has 3 unspecified atom stereocenters. The smallest absolute Gasteiger partial charge is 0.0100 e. The minimum Gasteiger partial charge on any atom is -0.313 e. The lowest BCUT2D eigenvalue weighted by molar-refractivity contribution is 0.129. The van der Waals surface area contributed by atoms with Gasteiger partial charge in [-0.25, -0.2) is 0 Å². The summed E-state index contributed by atoms with van der Waals surface area (Å²) in [5.41, 5.74) is 0.459. The van der Waals surface area contributed by atoms with E-state index in [1.54, 1.807) is 0 Å². The Kier molecular flexibility index (Phi) is 6.36. The molecule has 0 radical (unpaired) electrons. The summed E-state index contributed by atoms with van der Waals surface area (Å²) >= 11 is 1.96. The maximum atomic E-state index is 3.85. The first-order valence-electron chi connectivity index (χ1n) is 7.17. The third-order valence-corrected chi connectivity index (χ3v) is 4.96. The van der Waals surface area contributed by atoms with E-state index in [2.05, 4.69) is 39.3 Å². The van der Waals surface area contributed by atoms with E-state index in [9.17, 15) is 0 Å². The van der Waals surface area contributed by atoms with Crippen LogP contribution in [-0.2, 0) is 0 Å². The minimum absolute atomic E-state index is 0.459. The summed E-state index contributed by atoms with van der Waals surface area (Å²) in [7, 11) is 0. The third-order valence-electron chi connectivity index (χ3n) is 4.06. The fraction of sp³-hybridized carbons (Fsp3) is 1.00. The number of hydrogen-bond acceptors (Lipinski definition) is 2. The van der Waals surface area contributed by atoms with E-state index < -0.39 is 0 Å². The second kappa shape index (κ2) is 7.04. The molecule has 1 nitrogen and oxygen atoms in total. The summed E-state index contributed by atoms with van der Waals surface area (Å²) < 4.78 is 0. The van der Waals surface area contributed by atoms with Crippen molar-refractivity contribution < 1.29 is 0 Å². The first-order chi connectivity index (χ1) is 7.95. The summed E-state index contributed by atoms with van der Waals surface area (Å²) in [6, 6.07) is 0.757. The first kappa shape index (κ1) is 15.4. The summed E-state index contributed by atoms with van der Waals surface area (Å²) in [6.45, 7) is 10.8. The zero-order valence-corrected chi connectivity index (χ0v) is 13.2. The molecule has 1 saturated carbocycles. The molecule has 1 fully saturated rings. The van der Waals surface area contributed by atoms with Gasteiger partial charge < -0.3 is 5.32 Å². The highest BCUT2D eigenvalue weighted by Crippen LogP contribution is 2.37. The molecule has 0 aliphatic heterocycles. The van der Waals surface area contributed by atoms with Crippen molar-refractivity contribution in [3.05, 3.63) is 0 Å². The Morgan fingerprint density at radius 1 is 1.24 bits per heavy atom. The average molecular weight is 257 g/mol. The second-order valence-electron chi connectivity index (χ2n) is 6.83. The van der Waals surface area contributed by atoms with Gasteiger partial charge in [-0.3, -0.25) is 0 Å². The average Bonchev–Trinajstić information content (AvgIpc) is 2.26. The molecule has 0 saturated heterocycles. The van der Waals surface area contributed by atoms with Gasteiger partial charge in [-0.05, 0) is 48.6 Å². The Hall–Kier alpha value is 0.310. The summed E-state index contributed by atoms with van der Waals surface area (Å²) in [4.78, 5) is 0. The predicted molar refractivity (Wildman–Crippen MR) is 80.7 cm³/mol. The van der Waals surface area contributed by atoms with E-state index in [0.717, 1.165) is 17.9 Å². The topological polar surface area (TPSA) is 12.0 Å². The van der Waals surface area contributed by atoms with Crippen LogP contribution in [0.25, 0.3) is 0 Å². The molecule has 0 amide bonds. The molecule has 1 aliphatic rings. The van der Waals surface area contributed by atoms with Crippen LogP contribution in [0.2, 0.25) is 0 Å². The van der Waals surface area contributed by atoms with Gasteiger partial charge >= 0.3 is 0 Å². The van der Waals surface area contributed by atoms with Crippen LogP contribution >= 0.6 is 11.8 Å². The van der Waals surface area contributed by atoms with E-state index in [0.29, 0.717) is 5.41 Å². The molecule has 0 aromatic carbocycles. The third kappa shape index (κ3) is 5.21. The zero-order chi connectivity index (χ0) is 12.9. The molecule has 2 heteroatoms. The van der Waals surface area contributed by atoms with Gasteiger partial charge in [-0.2, -0.15) is 11.8 Å². The highest BCUT2D eigenvalue weighted by atomic mass is 32.2. The lowest BCUT2D eigenvalue weighted by Gasteiger charge is -2.41. The number of thioether (sulfide) groups is 1. The molecular formula is C15H31NS. The lowest BCUT2D eigenvalue weighted by atomic mass is 9.69. The Bertz CT molecular complexity index is 209. The SMILES string of the molecule is CSCC(C)CNC1CCCCC1C(C)(C)C. The fourth-order valence-corrected chi connectivity index (χ4v) is 3.79. The fourth-order valence-electron chi connectivity index (χ4n) is 3.11. The van der Waals surface area contributed by atoms with Crippen molar-refractivity contribution in [1.82, 2.24) is 5.32 Å². The molecule has 0 bridgehead atoms. The predicted octanol–water partition coefficient (Wildman–Crippen LogP) is 4.18. The van der Waals surface area contributed by atoms with E-state index in [4.69, 9.17) is 0 Å². The van der Waals surface area contributed by atoms with Crippen LogP contribution in [0.5, 0.6) is 0 Å². The molecule has 0 aromatic heterocycles. The van der Waals surface area contributed by atoms with Crippen molar-refractivity contribution in [2.24, 2.45) is 17.3 Å². The highest BCUT2D eigenvalue weighted by Gasteiger charge is 2.33. The Labute approximate surface area is 113 Å². The molecule has 1 N–H and O–H groups in total. The van der Waals surface area contributed by atoms with Crippen molar-refractivity contribution in [2.75, 3.05) is 18.6 Å². The van der Waals surface area contributed by atoms with Gasteiger partial charge in [0, 0.05) is 6.04 Å². The second-order valence-corrected chi connectivity index (χ2v) is 7.74. The Balaban J connectivity index is 2.43. The summed E-state index contributed by atoms with van der Waals surface area (Å²) in [6.07, 6.45) is 7.85. The van der Waals surface area contributed by atoms with Gasteiger partial charge in [0.1, 0.15) is 0 Å². The van der Waals surface area contributed by atoms with E-state index >= 15 is 0 Å². The van der Waals surface area contributed by atoms with Crippen molar-refractivity contribution in [3.63, 3.8) is 0 Å². The van der Waals surface area contributed by atoms with Crippen molar-refractivity contribution in [3.8, 4) is 0 Å². The largest absolute Gasteiger partial charge is 0.313 e. The monoisotopic (exact) mass is 257 g/mol. The van der Waals surface area contributed by atoms with E-state index in [1.165, 1.54) is 38.0 Å². The molecule has 1 rings (SSSR count). The minimum atomic E-state index is 0.459. The zero-order valence-electron chi connectivity index (χ0n) is 12.4. The first-order valence-corrected chi connectivity index (χ1v) is 8.57. The van der Waals surface area contributed by atoms with Gasteiger partial charge in [0.2, 0.25) is 0 Å². The summed E-state index contributed by atoms with van der Waals surface area (Å²) in [5.74, 6) is 2.94. The standard InChI is InChI=1S/C15H31NS/c1-12(11-17-5)10-16-14-9-7-6-8-13(14)15(2,3)4/h12-14,16H,6-11H2,1-5H3. The number of rotatable bonds is 5. The van der Waals surface area contributed by atoms with Crippen LogP contribution in [0.15, 0.2) is 0 Å². The molecule has 0 aromatic rings. The van der Waals surface area contributed by atoms with Crippen LogP contribution in [0, 0.1) is 17.3 Å². The molecule has 0 heterocycles. The Morgan fingerprint density at radius 3 is 2.47 bits per heavy atom. The van der Waals surface area contributed by atoms with Gasteiger partial charge in [0.05, 0.1) is 0 Å². The van der Waals surface area contributed by atoms with Crippen molar-refractivity contribution in [2.45, 2.75) is 59.4 Å². The van der Waals surface area contributed by atoms with Gasteiger partial charge in [-0.1, -0.05) is 40.5 Å². The van der Waals surface area contributed by atoms with Gasteiger partial charge in [0.15, 0.2) is 0 Å². The maximum absolute atomic E-state index is 3.85. The van der Waals surface area contributed by atoms with Crippen LogP contribution in [0.1, 0.15) is 53.4 Å². The molecule has 102 valence electrons. The highest BCUT2D eigenvalue weighted by molar-refractivity contribution is 7.98. The molecule has 17 heavy (non-hydrogen) atoms. The van der Waals surface area contributed by atoms with Crippen molar-refractivity contribution >= 4 is 11.8 Å². The molecule has 0 spiro atoms. The van der Waals surface area contributed by atoms with E-state index in [1.807, 2.05) is 11.8 Å². The molecule has 1 aliphatic carbocycles. The quantitative estimate of drug-likeness (QED) is 0.793. The molecule has 3 atom stereocenters. The van der Waals surface area contributed by atoms with Crippen LogP contribution in [-0.4, -0.2) is 24.6 Å². The van der Waals surface area contributed by atoms with Gasteiger partial charge in [0.25, 0.3) is 0 Å². The Morgan fingerprint density at radius 2 is 1.88 bits per heavy atom. The van der Waals surface area contributed by atoms with Crippen molar-refractivity contribution in [1.29, 1.82) is 0 Å².